The van der Waals surface area contributed by atoms with E-state index >= 15 is 0 Å². The summed E-state index contributed by atoms with van der Waals surface area (Å²) >= 11 is 0. The Morgan fingerprint density at radius 3 is 2.82 bits per heavy atom. The normalized spacial score (nSPS) is 14.4. The lowest BCUT2D eigenvalue weighted by atomic mass is 10.1. The van der Waals surface area contributed by atoms with Gasteiger partial charge in [0.1, 0.15) is 5.56 Å². The highest BCUT2D eigenvalue weighted by Gasteiger charge is 2.25. The minimum atomic E-state index is -0.499. The number of hydrogen-bond acceptors (Lipinski definition) is 3. The van der Waals surface area contributed by atoms with E-state index in [1.54, 1.807) is 19.1 Å². The van der Waals surface area contributed by atoms with E-state index in [1.807, 2.05) is 0 Å². The predicted octanol–water partition coefficient (Wildman–Crippen LogP) is 2.04. The molecule has 0 radical (unpaired) electrons. The number of nitro benzene ring substituents is 1. The first-order chi connectivity index (χ1) is 8.09. The average molecular weight is 234 g/mol. The van der Waals surface area contributed by atoms with Crippen molar-refractivity contribution in [3.05, 3.63) is 39.4 Å². The number of carbonyl (C=O) groups excluding carboxylic acids is 1. The van der Waals surface area contributed by atoms with Crippen LogP contribution < -0.4 is 5.32 Å². The Morgan fingerprint density at radius 2 is 2.24 bits per heavy atom. The van der Waals surface area contributed by atoms with Crippen LogP contribution >= 0.6 is 0 Å². The summed E-state index contributed by atoms with van der Waals surface area (Å²) in [5, 5.41) is 13.7. The topological polar surface area (TPSA) is 72.2 Å². The van der Waals surface area contributed by atoms with E-state index in [0.29, 0.717) is 18.0 Å². The molecule has 1 amide bonds. The minimum absolute atomic E-state index is 0.0965. The van der Waals surface area contributed by atoms with Crippen molar-refractivity contribution in [2.75, 3.05) is 6.54 Å². The molecule has 0 aromatic heterocycles. The number of aryl methyl sites for hydroxylation is 1. The zero-order chi connectivity index (χ0) is 12.4. The summed E-state index contributed by atoms with van der Waals surface area (Å²) < 4.78 is 0. The van der Waals surface area contributed by atoms with E-state index in [2.05, 4.69) is 5.32 Å². The number of rotatable bonds is 4. The van der Waals surface area contributed by atoms with Crippen LogP contribution in [0.3, 0.4) is 0 Å². The Morgan fingerprint density at radius 1 is 1.53 bits per heavy atom. The lowest BCUT2D eigenvalue weighted by molar-refractivity contribution is -0.385. The molecule has 0 unspecified atom stereocenters. The third kappa shape index (κ3) is 2.61. The maximum atomic E-state index is 11.8. The first-order valence-corrected chi connectivity index (χ1v) is 5.62. The molecule has 0 saturated heterocycles. The number of nitrogens with one attached hydrogen (secondary N) is 1. The molecule has 5 nitrogen and oxygen atoms in total. The Bertz CT molecular complexity index is 467. The van der Waals surface area contributed by atoms with Crippen LogP contribution in [-0.2, 0) is 0 Å². The summed E-state index contributed by atoms with van der Waals surface area (Å²) in [6.45, 7) is 2.25. The molecule has 0 heterocycles. The number of nitro groups is 1. The molecule has 5 heteroatoms. The fourth-order valence-corrected chi connectivity index (χ4v) is 1.74. The molecule has 1 fully saturated rings. The molecule has 1 aliphatic rings. The molecular formula is C12H14N2O3. The molecule has 17 heavy (non-hydrogen) atoms. The van der Waals surface area contributed by atoms with Crippen LogP contribution in [0, 0.1) is 23.0 Å². The van der Waals surface area contributed by atoms with Crippen molar-refractivity contribution in [3.8, 4) is 0 Å². The number of benzene rings is 1. The molecule has 1 N–H and O–H groups in total. The van der Waals surface area contributed by atoms with Gasteiger partial charge in [0, 0.05) is 12.1 Å². The lowest BCUT2D eigenvalue weighted by Crippen LogP contribution is -2.26. The monoisotopic (exact) mass is 234 g/mol. The van der Waals surface area contributed by atoms with Gasteiger partial charge >= 0.3 is 0 Å². The molecule has 2 rings (SSSR count). The van der Waals surface area contributed by atoms with Crippen molar-refractivity contribution in [2.45, 2.75) is 19.8 Å². The molecule has 1 aromatic carbocycles. The van der Waals surface area contributed by atoms with Gasteiger partial charge in [0.2, 0.25) is 0 Å². The summed E-state index contributed by atoms with van der Waals surface area (Å²) in [4.78, 5) is 22.3. The van der Waals surface area contributed by atoms with E-state index < -0.39 is 4.92 Å². The molecule has 1 aliphatic carbocycles. The lowest BCUT2D eigenvalue weighted by Gasteiger charge is -2.06. The maximum Gasteiger partial charge on any atom is 0.285 e. The van der Waals surface area contributed by atoms with E-state index in [-0.39, 0.29) is 17.2 Å². The van der Waals surface area contributed by atoms with Gasteiger partial charge in [-0.1, -0.05) is 12.1 Å². The highest BCUT2D eigenvalue weighted by molar-refractivity contribution is 5.98. The van der Waals surface area contributed by atoms with E-state index in [4.69, 9.17) is 0 Å². The average Bonchev–Trinajstić information content (AvgIpc) is 3.08. The molecular weight excluding hydrogens is 220 g/mol. The third-order valence-electron chi connectivity index (χ3n) is 2.91. The van der Waals surface area contributed by atoms with Crippen molar-refractivity contribution in [3.63, 3.8) is 0 Å². The van der Waals surface area contributed by atoms with Gasteiger partial charge in [-0.05, 0) is 31.7 Å². The van der Waals surface area contributed by atoms with Crippen molar-refractivity contribution in [2.24, 2.45) is 5.92 Å². The second-order valence-corrected chi connectivity index (χ2v) is 4.38. The molecule has 1 aromatic rings. The number of amides is 1. The third-order valence-corrected chi connectivity index (χ3v) is 2.91. The maximum absolute atomic E-state index is 11.8. The van der Waals surface area contributed by atoms with Gasteiger partial charge in [-0.15, -0.1) is 0 Å². The molecule has 0 atom stereocenters. The summed E-state index contributed by atoms with van der Waals surface area (Å²) in [5.74, 6) is 0.204. The van der Waals surface area contributed by atoms with E-state index in [0.717, 1.165) is 12.8 Å². The van der Waals surface area contributed by atoms with Gasteiger partial charge in [0.15, 0.2) is 0 Å². The van der Waals surface area contributed by atoms with Crippen molar-refractivity contribution < 1.29 is 9.72 Å². The molecule has 0 bridgehead atoms. The molecule has 0 aliphatic heterocycles. The number of nitrogens with zero attached hydrogens (tertiary/aromatic N) is 1. The fraction of sp³-hybridized carbons (Fsp3) is 0.417. The number of carbonyl (C=O) groups is 1. The fourth-order valence-electron chi connectivity index (χ4n) is 1.74. The van der Waals surface area contributed by atoms with Crippen LogP contribution in [0.1, 0.15) is 28.8 Å². The van der Waals surface area contributed by atoms with Crippen LogP contribution in [0.25, 0.3) is 0 Å². The van der Waals surface area contributed by atoms with E-state index in [9.17, 15) is 14.9 Å². The summed E-state index contributed by atoms with van der Waals surface area (Å²) in [6.07, 6.45) is 2.27. The zero-order valence-corrected chi connectivity index (χ0v) is 9.60. The number of para-hydroxylation sites is 1. The quantitative estimate of drug-likeness (QED) is 0.640. The predicted molar refractivity (Wildman–Crippen MR) is 62.9 cm³/mol. The highest BCUT2D eigenvalue weighted by Crippen LogP contribution is 2.28. The van der Waals surface area contributed by atoms with Crippen molar-refractivity contribution in [1.29, 1.82) is 0 Å². The van der Waals surface area contributed by atoms with Crippen LogP contribution in [0.4, 0.5) is 5.69 Å². The molecule has 0 spiro atoms. The van der Waals surface area contributed by atoms with Crippen molar-refractivity contribution >= 4 is 11.6 Å². The van der Waals surface area contributed by atoms with Crippen LogP contribution in [-0.4, -0.2) is 17.4 Å². The Kier molecular flexibility index (Phi) is 3.08. The SMILES string of the molecule is Cc1cccc(C(=O)NCC2CC2)c1[N+](=O)[O-]. The van der Waals surface area contributed by atoms with Crippen LogP contribution in [0.5, 0.6) is 0 Å². The van der Waals surface area contributed by atoms with Crippen LogP contribution in [0.2, 0.25) is 0 Å². The Balaban J connectivity index is 2.20. The van der Waals surface area contributed by atoms with E-state index in [1.165, 1.54) is 6.07 Å². The van der Waals surface area contributed by atoms with Gasteiger partial charge < -0.3 is 5.32 Å². The second kappa shape index (κ2) is 4.53. The van der Waals surface area contributed by atoms with Gasteiger partial charge in [-0.3, -0.25) is 14.9 Å². The minimum Gasteiger partial charge on any atom is -0.352 e. The van der Waals surface area contributed by atoms with Gasteiger partial charge in [0.25, 0.3) is 11.6 Å². The van der Waals surface area contributed by atoms with Gasteiger partial charge in [-0.25, -0.2) is 0 Å². The standard InChI is InChI=1S/C12H14N2O3/c1-8-3-2-4-10(11(8)14(16)17)12(15)13-7-9-5-6-9/h2-4,9H,5-7H2,1H3,(H,13,15). The zero-order valence-electron chi connectivity index (χ0n) is 9.60. The first-order valence-electron chi connectivity index (χ1n) is 5.62. The van der Waals surface area contributed by atoms with Gasteiger partial charge in [0.05, 0.1) is 4.92 Å². The summed E-state index contributed by atoms with van der Waals surface area (Å²) in [5.41, 5.74) is 0.561. The first kappa shape index (κ1) is 11.6. The highest BCUT2D eigenvalue weighted by atomic mass is 16.6. The summed E-state index contributed by atoms with van der Waals surface area (Å²) in [7, 11) is 0. The molecule has 90 valence electrons. The largest absolute Gasteiger partial charge is 0.352 e. The second-order valence-electron chi connectivity index (χ2n) is 4.38. The summed E-state index contributed by atoms with van der Waals surface area (Å²) in [6, 6.07) is 4.79. The Hall–Kier alpha value is -1.91. The molecule has 1 saturated carbocycles. The smallest absolute Gasteiger partial charge is 0.285 e. The van der Waals surface area contributed by atoms with Gasteiger partial charge in [-0.2, -0.15) is 0 Å². The van der Waals surface area contributed by atoms with Crippen LogP contribution in [0.15, 0.2) is 18.2 Å². The van der Waals surface area contributed by atoms with Crippen molar-refractivity contribution in [1.82, 2.24) is 5.32 Å². The Labute approximate surface area is 99.0 Å². The number of hydrogen-bond donors (Lipinski definition) is 1.